The van der Waals surface area contributed by atoms with Crippen molar-refractivity contribution in [3.8, 4) is 11.1 Å². The highest BCUT2D eigenvalue weighted by molar-refractivity contribution is 6.00. The first-order chi connectivity index (χ1) is 26.6. The summed E-state index contributed by atoms with van der Waals surface area (Å²) in [4.78, 5) is 34.4. The molecular weight excluding hydrogens is 689 g/mol. The van der Waals surface area contributed by atoms with Crippen molar-refractivity contribution in [2.75, 3.05) is 31.6 Å². The van der Waals surface area contributed by atoms with E-state index < -0.39 is 0 Å². The normalized spacial score (nSPS) is 18.0. The summed E-state index contributed by atoms with van der Waals surface area (Å²) in [5, 5.41) is 19.0. The molecule has 2 aliphatic rings. The minimum Gasteiger partial charge on any atom is -0.381 e. The Morgan fingerprint density at radius 1 is 0.873 bits per heavy atom. The van der Waals surface area contributed by atoms with Gasteiger partial charge in [0.15, 0.2) is 5.65 Å². The van der Waals surface area contributed by atoms with Gasteiger partial charge in [-0.25, -0.2) is 9.67 Å². The lowest BCUT2D eigenvalue weighted by Crippen LogP contribution is -2.53. The molecule has 0 bridgehead atoms. The number of amides is 2. The Morgan fingerprint density at radius 3 is 2.31 bits per heavy atom. The molecule has 0 saturated carbocycles. The maximum absolute atomic E-state index is 13.5. The van der Waals surface area contributed by atoms with Crippen LogP contribution in [0.4, 0.5) is 5.69 Å². The standard InChI is InChI=1S/C44H54N8O3/c1-6-52-42-40(24-47-52)41(50-37-15-17-55-18-16-37)39(31(5)49-42)23-46-44(54)36-12-8-11-35(21-36)43(53)45-22-32-14-13-28(2)38(20-32)34-10-7-9-33(19-34)27-51-25-29(3)48-30(4)26-51/h7-14,19-21,24,29-30,37,48H,6,15-18,22-23,25-27H2,1-5H3,(H,45,53)(H,46,54)(H,49,50)/t29-,30+. The summed E-state index contributed by atoms with van der Waals surface area (Å²) in [6.07, 6.45) is 3.66. The average Bonchev–Trinajstić information content (AvgIpc) is 3.59. The quantitative estimate of drug-likeness (QED) is 0.116. The maximum atomic E-state index is 13.5. The molecule has 0 unspecified atom stereocenters. The van der Waals surface area contributed by atoms with Crippen LogP contribution < -0.4 is 21.3 Å². The van der Waals surface area contributed by atoms with E-state index in [1.807, 2.05) is 24.7 Å². The van der Waals surface area contributed by atoms with Crippen molar-refractivity contribution in [1.82, 2.24) is 35.6 Å². The highest BCUT2D eigenvalue weighted by atomic mass is 16.5. The van der Waals surface area contributed by atoms with Gasteiger partial charge in [0.25, 0.3) is 11.8 Å². The fourth-order valence-electron chi connectivity index (χ4n) is 8.01. The van der Waals surface area contributed by atoms with E-state index in [1.165, 1.54) is 16.7 Å². The van der Waals surface area contributed by atoms with Gasteiger partial charge in [0.05, 0.1) is 17.3 Å². The molecule has 2 saturated heterocycles. The van der Waals surface area contributed by atoms with Gasteiger partial charge in [0.1, 0.15) is 0 Å². The molecule has 7 rings (SSSR count). The number of carbonyl (C=O) groups excluding carboxylic acids is 2. The molecule has 55 heavy (non-hydrogen) atoms. The predicted molar refractivity (Wildman–Crippen MR) is 218 cm³/mol. The Labute approximate surface area is 324 Å². The van der Waals surface area contributed by atoms with Crippen LogP contribution in [0.5, 0.6) is 0 Å². The molecule has 11 heteroatoms. The number of hydrogen-bond donors (Lipinski definition) is 4. The van der Waals surface area contributed by atoms with Gasteiger partial charge in [-0.3, -0.25) is 14.5 Å². The molecule has 288 valence electrons. The number of nitrogens with one attached hydrogen (secondary N) is 4. The molecule has 4 heterocycles. The summed E-state index contributed by atoms with van der Waals surface area (Å²) >= 11 is 0. The zero-order chi connectivity index (χ0) is 38.5. The fourth-order valence-corrected chi connectivity index (χ4v) is 8.01. The average molecular weight is 743 g/mol. The summed E-state index contributed by atoms with van der Waals surface area (Å²) in [6.45, 7) is 16.4. The van der Waals surface area contributed by atoms with Crippen LogP contribution in [0, 0.1) is 13.8 Å². The minimum atomic E-state index is -0.262. The van der Waals surface area contributed by atoms with Crippen LogP contribution in [0.2, 0.25) is 0 Å². The third-order valence-corrected chi connectivity index (χ3v) is 10.8. The molecule has 0 spiro atoms. The zero-order valence-corrected chi connectivity index (χ0v) is 32.7. The van der Waals surface area contributed by atoms with Crippen molar-refractivity contribution in [3.05, 3.63) is 112 Å². The van der Waals surface area contributed by atoms with Crippen LogP contribution in [0.25, 0.3) is 22.2 Å². The van der Waals surface area contributed by atoms with Crippen LogP contribution in [-0.4, -0.2) is 75.9 Å². The summed E-state index contributed by atoms with van der Waals surface area (Å²) in [5.74, 6) is -0.499. The predicted octanol–water partition coefficient (Wildman–Crippen LogP) is 6.37. The molecule has 0 aliphatic carbocycles. The lowest BCUT2D eigenvalue weighted by Gasteiger charge is -2.36. The molecule has 2 aliphatic heterocycles. The van der Waals surface area contributed by atoms with Crippen LogP contribution >= 0.6 is 0 Å². The van der Waals surface area contributed by atoms with E-state index in [-0.39, 0.29) is 24.4 Å². The molecule has 2 atom stereocenters. The van der Waals surface area contributed by atoms with Crippen molar-refractivity contribution >= 4 is 28.5 Å². The first kappa shape index (κ1) is 38.2. The minimum absolute atomic E-state index is 0.236. The molecule has 0 radical (unpaired) electrons. The number of aryl methyl sites for hydroxylation is 3. The second-order valence-electron chi connectivity index (χ2n) is 15.2. The van der Waals surface area contributed by atoms with E-state index in [0.717, 1.165) is 71.6 Å². The number of aromatic nitrogens is 3. The van der Waals surface area contributed by atoms with Crippen molar-refractivity contribution in [3.63, 3.8) is 0 Å². The topological polar surface area (TPSA) is 125 Å². The molecule has 3 aromatic carbocycles. The SMILES string of the molecule is CCn1ncc2c(NC3CCOCC3)c(CNC(=O)c3cccc(C(=O)NCc4ccc(C)c(-c5cccc(CN6C[C@@H](C)N[C@@H](C)C6)c5)c4)c3)c(C)nc21. The van der Waals surface area contributed by atoms with Gasteiger partial charge in [0, 0.05) is 93.0 Å². The Balaban J connectivity index is 1.00. The number of benzene rings is 3. The van der Waals surface area contributed by atoms with Gasteiger partial charge in [-0.05, 0) is 106 Å². The first-order valence-corrected chi connectivity index (χ1v) is 19.7. The van der Waals surface area contributed by atoms with Crippen LogP contribution in [0.1, 0.15) is 82.3 Å². The highest BCUT2D eigenvalue weighted by Gasteiger charge is 2.23. The van der Waals surface area contributed by atoms with E-state index in [0.29, 0.717) is 49.5 Å². The van der Waals surface area contributed by atoms with Crippen LogP contribution in [0.3, 0.4) is 0 Å². The van der Waals surface area contributed by atoms with Crippen molar-refractivity contribution in [1.29, 1.82) is 0 Å². The van der Waals surface area contributed by atoms with Gasteiger partial charge in [-0.1, -0.05) is 36.4 Å². The number of hydrogen-bond acceptors (Lipinski definition) is 8. The van der Waals surface area contributed by atoms with Gasteiger partial charge >= 0.3 is 0 Å². The number of nitrogens with zero attached hydrogens (tertiary/aromatic N) is 4. The molecule has 2 amide bonds. The van der Waals surface area contributed by atoms with E-state index in [2.05, 4.69) is 94.5 Å². The fraction of sp³-hybridized carbons (Fsp3) is 0.409. The molecule has 2 aromatic heterocycles. The van der Waals surface area contributed by atoms with Crippen LogP contribution in [0.15, 0.2) is 72.9 Å². The Kier molecular flexibility index (Phi) is 11.9. The van der Waals surface area contributed by atoms with E-state index in [4.69, 9.17) is 9.72 Å². The van der Waals surface area contributed by atoms with Gasteiger partial charge < -0.3 is 26.0 Å². The lowest BCUT2D eigenvalue weighted by molar-refractivity contribution is 0.0904. The summed E-state index contributed by atoms with van der Waals surface area (Å²) in [7, 11) is 0. The zero-order valence-electron chi connectivity index (χ0n) is 32.7. The molecule has 2 fully saturated rings. The molecule has 4 N–H and O–H groups in total. The molecular formula is C44H54N8O3. The summed E-state index contributed by atoms with van der Waals surface area (Å²) < 4.78 is 7.48. The lowest BCUT2D eigenvalue weighted by atomic mass is 9.96. The number of anilines is 1. The molecule has 11 nitrogen and oxygen atoms in total. The number of ether oxygens (including phenoxy) is 1. The third-order valence-electron chi connectivity index (χ3n) is 10.8. The Hall–Kier alpha value is -5.10. The molecule has 5 aromatic rings. The third kappa shape index (κ3) is 9.07. The van der Waals surface area contributed by atoms with Crippen molar-refractivity contribution < 1.29 is 14.3 Å². The second kappa shape index (κ2) is 17.1. The number of piperazine rings is 1. The Bertz CT molecular complexity index is 2150. The number of fused-ring (bicyclic) bond motifs is 1. The maximum Gasteiger partial charge on any atom is 0.251 e. The number of carbonyl (C=O) groups is 2. The van der Waals surface area contributed by atoms with E-state index in [9.17, 15) is 9.59 Å². The van der Waals surface area contributed by atoms with Gasteiger partial charge in [-0.2, -0.15) is 5.10 Å². The van der Waals surface area contributed by atoms with E-state index >= 15 is 0 Å². The summed E-state index contributed by atoms with van der Waals surface area (Å²) in [6, 6.07) is 23.2. The van der Waals surface area contributed by atoms with E-state index in [1.54, 1.807) is 24.3 Å². The highest BCUT2D eigenvalue weighted by Crippen LogP contribution is 2.31. The smallest absolute Gasteiger partial charge is 0.251 e. The van der Waals surface area contributed by atoms with Crippen molar-refractivity contribution in [2.45, 2.75) is 91.8 Å². The monoisotopic (exact) mass is 742 g/mol. The second-order valence-corrected chi connectivity index (χ2v) is 15.2. The first-order valence-electron chi connectivity index (χ1n) is 19.7. The largest absolute Gasteiger partial charge is 0.381 e. The van der Waals surface area contributed by atoms with Crippen molar-refractivity contribution in [2.24, 2.45) is 0 Å². The number of rotatable bonds is 12. The Morgan fingerprint density at radius 2 is 1.58 bits per heavy atom. The van der Waals surface area contributed by atoms with Gasteiger partial charge in [0.2, 0.25) is 0 Å². The summed E-state index contributed by atoms with van der Waals surface area (Å²) in [5.41, 5.74) is 10.2. The van der Waals surface area contributed by atoms with Crippen LogP contribution in [-0.2, 0) is 30.9 Å². The van der Waals surface area contributed by atoms with Gasteiger partial charge in [-0.15, -0.1) is 0 Å². The number of pyridine rings is 1.